The van der Waals surface area contributed by atoms with E-state index in [1.54, 1.807) is 0 Å². The number of hydrogen-bond acceptors (Lipinski definition) is 3. The molecule has 0 N–H and O–H groups in total. The first-order valence-electron chi connectivity index (χ1n) is 6.54. The minimum atomic E-state index is 0.917. The molecule has 0 bridgehead atoms. The molecule has 0 amide bonds. The Morgan fingerprint density at radius 3 is 2.89 bits per heavy atom. The van der Waals surface area contributed by atoms with Crippen LogP contribution in [0.3, 0.4) is 0 Å². The van der Waals surface area contributed by atoms with Gasteiger partial charge in [0.15, 0.2) is 0 Å². The van der Waals surface area contributed by atoms with Crippen LogP contribution in [0, 0.1) is 6.92 Å². The summed E-state index contributed by atoms with van der Waals surface area (Å²) in [4.78, 5) is 3.80. The summed E-state index contributed by atoms with van der Waals surface area (Å²) in [5, 5.41) is 6.68. The van der Waals surface area contributed by atoms with Gasteiger partial charge in [-0.1, -0.05) is 6.07 Å². The van der Waals surface area contributed by atoms with Gasteiger partial charge in [-0.05, 0) is 54.7 Å². The quantitative estimate of drug-likeness (QED) is 0.798. The molecule has 0 aromatic carbocycles. The van der Waals surface area contributed by atoms with Gasteiger partial charge in [0.1, 0.15) is 0 Å². The maximum absolute atomic E-state index is 4.54. The molecule has 0 fully saturated rings. The Labute approximate surface area is 127 Å². The zero-order valence-electron chi connectivity index (χ0n) is 11.7. The Morgan fingerprint density at radius 1 is 1.47 bits per heavy atom. The molecule has 2 heterocycles. The molecule has 2 aromatic heterocycles. The highest BCUT2D eigenvalue weighted by molar-refractivity contribution is 9.10. The Hall–Kier alpha value is -0.650. The number of hydrogen-bond donors (Lipinski definition) is 0. The van der Waals surface area contributed by atoms with Crippen LogP contribution in [0.25, 0.3) is 0 Å². The standard InChI is InChI=1S/C14H20BrN3S/c1-4-18-13(14(15)11(2)16-18)10-17(3)8-7-12-6-5-9-19-12/h5-6,9H,4,7-8,10H2,1-3H3. The number of halogens is 1. The minimum absolute atomic E-state index is 0.917. The second kappa shape index (κ2) is 6.68. The molecule has 0 spiro atoms. The lowest BCUT2D eigenvalue weighted by Crippen LogP contribution is -2.22. The van der Waals surface area contributed by atoms with E-state index in [1.165, 1.54) is 10.6 Å². The van der Waals surface area contributed by atoms with E-state index in [-0.39, 0.29) is 0 Å². The van der Waals surface area contributed by atoms with E-state index >= 15 is 0 Å². The maximum atomic E-state index is 4.54. The van der Waals surface area contributed by atoms with Crippen molar-refractivity contribution in [2.24, 2.45) is 0 Å². The SMILES string of the molecule is CCn1nc(C)c(Br)c1CN(C)CCc1cccs1. The number of aromatic nitrogens is 2. The monoisotopic (exact) mass is 341 g/mol. The average molecular weight is 342 g/mol. The van der Waals surface area contributed by atoms with Gasteiger partial charge in [0, 0.05) is 24.5 Å². The fourth-order valence-electron chi connectivity index (χ4n) is 2.11. The molecule has 0 atom stereocenters. The Balaban J connectivity index is 1.96. The van der Waals surface area contributed by atoms with Crippen LogP contribution in [0.4, 0.5) is 0 Å². The summed E-state index contributed by atoms with van der Waals surface area (Å²) in [6, 6.07) is 4.32. The van der Waals surface area contributed by atoms with Gasteiger partial charge < -0.3 is 4.90 Å². The van der Waals surface area contributed by atoms with Crippen molar-refractivity contribution in [3.05, 3.63) is 38.3 Å². The van der Waals surface area contributed by atoms with Gasteiger partial charge in [-0.15, -0.1) is 11.3 Å². The molecule has 0 radical (unpaired) electrons. The van der Waals surface area contributed by atoms with Crippen molar-refractivity contribution in [3.8, 4) is 0 Å². The van der Waals surface area contributed by atoms with Gasteiger partial charge in [-0.2, -0.15) is 5.10 Å². The van der Waals surface area contributed by atoms with Crippen LogP contribution in [0.1, 0.15) is 23.2 Å². The molecule has 5 heteroatoms. The van der Waals surface area contributed by atoms with E-state index in [1.807, 2.05) is 18.3 Å². The highest BCUT2D eigenvalue weighted by Gasteiger charge is 2.13. The lowest BCUT2D eigenvalue weighted by atomic mass is 10.3. The summed E-state index contributed by atoms with van der Waals surface area (Å²) < 4.78 is 3.23. The Bertz CT molecular complexity index is 519. The molecule has 3 nitrogen and oxygen atoms in total. The first-order chi connectivity index (χ1) is 9.11. The molecular weight excluding hydrogens is 322 g/mol. The zero-order valence-corrected chi connectivity index (χ0v) is 14.1. The third kappa shape index (κ3) is 3.68. The molecule has 2 aromatic rings. The van der Waals surface area contributed by atoms with Gasteiger partial charge in [0.2, 0.25) is 0 Å². The normalized spacial score (nSPS) is 11.4. The molecule has 0 aliphatic rings. The second-order valence-electron chi connectivity index (χ2n) is 4.73. The van der Waals surface area contributed by atoms with Gasteiger partial charge in [-0.25, -0.2) is 0 Å². The summed E-state index contributed by atoms with van der Waals surface area (Å²) in [5.41, 5.74) is 2.34. The summed E-state index contributed by atoms with van der Waals surface area (Å²) in [5.74, 6) is 0. The topological polar surface area (TPSA) is 21.1 Å². The maximum Gasteiger partial charge on any atom is 0.0739 e. The van der Waals surface area contributed by atoms with Crippen molar-refractivity contribution in [1.82, 2.24) is 14.7 Å². The van der Waals surface area contributed by atoms with Crippen molar-refractivity contribution in [2.45, 2.75) is 33.4 Å². The predicted octanol–water partition coefficient (Wildman–Crippen LogP) is 3.71. The van der Waals surface area contributed by atoms with Gasteiger partial charge in [0.05, 0.1) is 15.9 Å². The molecule has 19 heavy (non-hydrogen) atoms. The van der Waals surface area contributed by atoms with Crippen molar-refractivity contribution >= 4 is 27.3 Å². The van der Waals surface area contributed by atoms with Gasteiger partial charge in [0.25, 0.3) is 0 Å². The molecular formula is C14H20BrN3S. The van der Waals surface area contributed by atoms with Crippen LogP contribution in [0.5, 0.6) is 0 Å². The third-order valence-electron chi connectivity index (χ3n) is 3.19. The van der Waals surface area contributed by atoms with Crippen LogP contribution in [0.2, 0.25) is 0 Å². The van der Waals surface area contributed by atoms with E-state index in [9.17, 15) is 0 Å². The smallest absolute Gasteiger partial charge is 0.0739 e. The van der Waals surface area contributed by atoms with Crippen molar-refractivity contribution in [2.75, 3.05) is 13.6 Å². The van der Waals surface area contributed by atoms with Crippen molar-refractivity contribution < 1.29 is 0 Å². The number of thiophene rings is 1. The zero-order chi connectivity index (χ0) is 13.8. The Kier molecular flexibility index (Phi) is 5.19. The fourth-order valence-corrected chi connectivity index (χ4v) is 3.22. The summed E-state index contributed by atoms with van der Waals surface area (Å²) in [6.45, 7) is 7.10. The van der Waals surface area contributed by atoms with Gasteiger partial charge in [-0.3, -0.25) is 4.68 Å². The van der Waals surface area contributed by atoms with Crippen molar-refractivity contribution in [1.29, 1.82) is 0 Å². The Morgan fingerprint density at radius 2 is 2.26 bits per heavy atom. The van der Waals surface area contributed by atoms with Crippen molar-refractivity contribution in [3.63, 3.8) is 0 Å². The molecule has 0 aliphatic heterocycles. The fraction of sp³-hybridized carbons (Fsp3) is 0.500. The molecule has 0 aliphatic carbocycles. The van der Waals surface area contributed by atoms with Crippen LogP contribution in [-0.4, -0.2) is 28.3 Å². The molecule has 0 saturated heterocycles. The highest BCUT2D eigenvalue weighted by Crippen LogP contribution is 2.22. The summed E-state index contributed by atoms with van der Waals surface area (Å²) in [6.07, 6.45) is 1.12. The van der Waals surface area contributed by atoms with E-state index in [2.05, 4.69) is 62.1 Å². The van der Waals surface area contributed by atoms with E-state index in [0.29, 0.717) is 0 Å². The van der Waals surface area contributed by atoms with Gasteiger partial charge >= 0.3 is 0 Å². The number of aryl methyl sites for hydroxylation is 2. The first kappa shape index (κ1) is 14.8. The molecule has 104 valence electrons. The van der Waals surface area contributed by atoms with E-state index in [0.717, 1.165) is 36.2 Å². The largest absolute Gasteiger partial charge is 0.300 e. The summed E-state index contributed by atoms with van der Waals surface area (Å²) in [7, 11) is 2.17. The lowest BCUT2D eigenvalue weighted by molar-refractivity contribution is 0.319. The summed E-state index contributed by atoms with van der Waals surface area (Å²) >= 11 is 5.48. The molecule has 0 saturated carbocycles. The van der Waals surface area contributed by atoms with Crippen LogP contribution < -0.4 is 0 Å². The average Bonchev–Trinajstić information content (AvgIpc) is 3.00. The van der Waals surface area contributed by atoms with Crippen LogP contribution >= 0.6 is 27.3 Å². The van der Waals surface area contributed by atoms with Crippen LogP contribution in [-0.2, 0) is 19.5 Å². The second-order valence-corrected chi connectivity index (χ2v) is 6.55. The first-order valence-corrected chi connectivity index (χ1v) is 8.21. The van der Waals surface area contributed by atoms with E-state index < -0.39 is 0 Å². The third-order valence-corrected chi connectivity index (χ3v) is 5.16. The lowest BCUT2D eigenvalue weighted by Gasteiger charge is -2.17. The molecule has 0 unspecified atom stereocenters. The highest BCUT2D eigenvalue weighted by atomic mass is 79.9. The number of likely N-dealkylation sites (N-methyl/N-ethyl adjacent to an activating group) is 1. The van der Waals surface area contributed by atoms with E-state index in [4.69, 9.17) is 0 Å². The number of rotatable bonds is 6. The predicted molar refractivity (Wildman–Crippen MR) is 84.7 cm³/mol. The molecule has 2 rings (SSSR count). The minimum Gasteiger partial charge on any atom is -0.300 e. The van der Waals surface area contributed by atoms with Crippen LogP contribution in [0.15, 0.2) is 22.0 Å². The number of nitrogens with zero attached hydrogens (tertiary/aromatic N) is 3.